The lowest BCUT2D eigenvalue weighted by atomic mass is 10.1. The van der Waals surface area contributed by atoms with Crippen LogP contribution in [0, 0.1) is 5.92 Å². The number of carbonyl (C=O) groups excluding carboxylic acids is 1. The molecule has 0 bridgehead atoms. The zero-order chi connectivity index (χ0) is 19.6. The molecule has 1 fully saturated rings. The maximum atomic E-state index is 12.2. The molecule has 0 aliphatic carbocycles. The van der Waals surface area contributed by atoms with Crippen LogP contribution >= 0.6 is 11.6 Å². The summed E-state index contributed by atoms with van der Waals surface area (Å²) in [6.45, 7) is 7.88. The van der Waals surface area contributed by atoms with Crippen molar-refractivity contribution >= 4 is 17.5 Å². The maximum absolute atomic E-state index is 12.2. The molecule has 1 unspecified atom stereocenters. The second-order valence-electron chi connectivity index (χ2n) is 6.97. The highest BCUT2D eigenvalue weighted by molar-refractivity contribution is 6.32. The molecule has 1 aliphatic heterocycles. The van der Waals surface area contributed by atoms with Gasteiger partial charge in [0.2, 0.25) is 17.6 Å². The van der Waals surface area contributed by atoms with Crippen LogP contribution in [0.2, 0.25) is 5.02 Å². The molecule has 27 heavy (non-hydrogen) atoms. The molecule has 3 rings (SSSR count). The van der Waals surface area contributed by atoms with Crippen LogP contribution in [0.3, 0.4) is 0 Å². The molecule has 8 heteroatoms. The van der Waals surface area contributed by atoms with Gasteiger partial charge < -0.3 is 18.9 Å². The van der Waals surface area contributed by atoms with Gasteiger partial charge in [-0.2, -0.15) is 4.98 Å². The summed E-state index contributed by atoms with van der Waals surface area (Å²) in [6.07, 6.45) is 0.391. The Hall–Kier alpha value is -2.28. The van der Waals surface area contributed by atoms with Crippen molar-refractivity contribution in [1.82, 2.24) is 15.0 Å². The van der Waals surface area contributed by atoms with Crippen LogP contribution in [0.15, 0.2) is 16.7 Å². The topological polar surface area (TPSA) is 77.7 Å². The molecule has 0 saturated carbocycles. The Morgan fingerprint density at radius 2 is 2.19 bits per heavy atom. The number of ether oxygens (including phenoxy) is 2. The van der Waals surface area contributed by atoms with Gasteiger partial charge in [-0.15, -0.1) is 0 Å². The molecule has 1 aromatic heterocycles. The number of nitrogens with zero attached hydrogens (tertiary/aromatic N) is 3. The lowest BCUT2D eigenvalue weighted by molar-refractivity contribution is -0.128. The fourth-order valence-corrected chi connectivity index (χ4v) is 3.47. The summed E-state index contributed by atoms with van der Waals surface area (Å²) in [4.78, 5) is 18.5. The summed E-state index contributed by atoms with van der Waals surface area (Å²) in [5.74, 6) is 2.32. The van der Waals surface area contributed by atoms with E-state index in [0.717, 1.165) is 6.54 Å². The summed E-state index contributed by atoms with van der Waals surface area (Å²) in [6, 6.07) is 3.48. The zero-order valence-corrected chi connectivity index (χ0v) is 16.7. The Labute approximate surface area is 163 Å². The summed E-state index contributed by atoms with van der Waals surface area (Å²) in [5.41, 5.74) is 0.665. The third kappa shape index (κ3) is 4.18. The minimum absolute atomic E-state index is 0.0856. The van der Waals surface area contributed by atoms with Crippen LogP contribution in [-0.4, -0.2) is 47.8 Å². The Bertz CT molecular complexity index is 821. The number of methoxy groups -OCH3 is 1. The average molecular weight is 394 g/mol. The number of rotatable bonds is 7. The normalized spacial score (nSPS) is 17.0. The average Bonchev–Trinajstić information content (AvgIpc) is 3.24. The number of hydrogen-bond donors (Lipinski definition) is 0. The Kier molecular flexibility index (Phi) is 5.89. The summed E-state index contributed by atoms with van der Waals surface area (Å²) >= 11 is 6.32. The standard InChI is InChI=1S/C19H24ClN3O4/c1-5-26-17-14(20)6-12(7-15(17)25-4)18-21-19(27-22-18)13-8-16(24)23(10-13)9-11(2)3/h6-7,11,13H,5,8-10H2,1-4H3. The minimum atomic E-state index is -0.0856. The second-order valence-corrected chi connectivity index (χ2v) is 7.38. The molecule has 7 nitrogen and oxygen atoms in total. The first-order chi connectivity index (χ1) is 12.9. The quantitative estimate of drug-likeness (QED) is 0.712. The number of hydrogen-bond acceptors (Lipinski definition) is 6. The van der Waals surface area contributed by atoms with E-state index in [2.05, 4.69) is 24.0 Å². The number of halogens is 1. The van der Waals surface area contributed by atoms with Crippen molar-refractivity contribution in [1.29, 1.82) is 0 Å². The fourth-order valence-electron chi connectivity index (χ4n) is 3.21. The third-order valence-corrected chi connectivity index (χ3v) is 4.65. The highest BCUT2D eigenvalue weighted by Gasteiger charge is 2.34. The van der Waals surface area contributed by atoms with Crippen molar-refractivity contribution in [3.63, 3.8) is 0 Å². The van der Waals surface area contributed by atoms with E-state index in [4.69, 9.17) is 25.6 Å². The Balaban J connectivity index is 1.82. The lowest BCUT2D eigenvalue weighted by Crippen LogP contribution is -2.29. The van der Waals surface area contributed by atoms with E-state index in [-0.39, 0.29) is 11.8 Å². The van der Waals surface area contributed by atoms with E-state index in [9.17, 15) is 4.79 Å². The van der Waals surface area contributed by atoms with Gasteiger partial charge in [0.15, 0.2) is 11.5 Å². The molecular weight excluding hydrogens is 370 g/mol. The molecule has 1 saturated heterocycles. The molecular formula is C19H24ClN3O4. The van der Waals surface area contributed by atoms with Gasteiger partial charge in [0.25, 0.3) is 0 Å². The fraction of sp³-hybridized carbons (Fsp3) is 0.526. The van der Waals surface area contributed by atoms with Crippen LogP contribution in [0.1, 0.15) is 39.0 Å². The molecule has 1 amide bonds. The predicted octanol–water partition coefficient (Wildman–Crippen LogP) is 3.77. The van der Waals surface area contributed by atoms with Gasteiger partial charge >= 0.3 is 0 Å². The van der Waals surface area contributed by atoms with E-state index < -0.39 is 0 Å². The monoisotopic (exact) mass is 393 g/mol. The first-order valence-electron chi connectivity index (χ1n) is 9.05. The molecule has 0 N–H and O–H groups in total. The van der Waals surface area contributed by atoms with Gasteiger partial charge in [0, 0.05) is 25.1 Å². The molecule has 0 spiro atoms. The van der Waals surface area contributed by atoms with Crippen LogP contribution in [0.25, 0.3) is 11.4 Å². The number of likely N-dealkylation sites (tertiary alicyclic amines) is 1. The van der Waals surface area contributed by atoms with Crippen molar-refractivity contribution in [3.8, 4) is 22.9 Å². The first kappa shape index (κ1) is 19.5. The molecule has 2 heterocycles. The number of amides is 1. The van der Waals surface area contributed by atoms with E-state index in [1.165, 1.54) is 0 Å². The number of aromatic nitrogens is 2. The molecule has 146 valence electrons. The van der Waals surface area contributed by atoms with Gasteiger partial charge in [-0.05, 0) is 25.0 Å². The van der Waals surface area contributed by atoms with Crippen LogP contribution in [0.5, 0.6) is 11.5 Å². The largest absolute Gasteiger partial charge is 0.493 e. The second kappa shape index (κ2) is 8.17. The summed E-state index contributed by atoms with van der Waals surface area (Å²) in [5, 5.41) is 4.48. The molecule has 2 aromatic rings. The van der Waals surface area contributed by atoms with Gasteiger partial charge in [0.1, 0.15) is 0 Å². The summed E-state index contributed by atoms with van der Waals surface area (Å²) in [7, 11) is 1.55. The smallest absolute Gasteiger partial charge is 0.232 e. The van der Waals surface area contributed by atoms with E-state index in [0.29, 0.717) is 59.3 Å². The van der Waals surface area contributed by atoms with E-state index in [1.807, 2.05) is 11.8 Å². The maximum Gasteiger partial charge on any atom is 0.232 e. The zero-order valence-electron chi connectivity index (χ0n) is 16.0. The predicted molar refractivity (Wildman–Crippen MR) is 101 cm³/mol. The minimum Gasteiger partial charge on any atom is -0.493 e. The van der Waals surface area contributed by atoms with Crippen molar-refractivity contribution in [2.75, 3.05) is 26.8 Å². The van der Waals surface area contributed by atoms with Crippen molar-refractivity contribution < 1.29 is 18.8 Å². The van der Waals surface area contributed by atoms with Gasteiger partial charge in [0.05, 0.1) is 24.7 Å². The van der Waals surface area contributed by atoms with Crippen LogP contribution in [0.4, 0.5) is 0 Å². The van der Waals surface area contributed by atoms with E-state index >= 15 is 0 Å². The highest BCUT2D eigenvalue weighted by atomic mass is 35.5. The van der Waals surface area contributed by atoms with Crippen LogP contribution < -0.4 is 9.47 Å². The van der Waals surface area contributed by atoms with Gasteiger partial charge in [-0.25, -0.2) is 0 Å². The summed E-state index contributed by atoms with van der Waals surface area (Å²) < 4.78 is 16.3. The van der Waals surface area contributed by atoms with Crippen LogP contribution in [-0.2, 0) is 4.79 Å². The first-order valence-corrected chi connectivity index (χ1v) is 9.42. The van der Waals surface area contributed by atoms with Gasteiger partial charge in [-0.1, -0.05) is 30.6 Å². The molecule has 1 aliphatic rings. The lowest BCUT2D eigenvalue weighted by Gasteiger charge is -2.18. The van der Waals surface area contributed by atoms with Crippen molar-refractivity contribution in [3.05, 3.63) is 23.0 Å². The molecule has 1 atom stereocenters. The van der Waals surface area contributed by atoms with E-state index in [1.54, 1.807) is 19.2 Å². The van der Waals surface area contributed by atoms with Crippen molar-refractivity contribution in [2.45, 2.75) is 33.1 Å². The molecule has 1 aromatic carbocycles. The Morgan fingerprint density at radius 1 is 1.41 bits per heavy atom. The van der Waals surface area contributed by atoms with Crippen molar-refractivity contribution in [2.24, 2.45) is 5.92 Å². The molecule has 0 radical (unpaired) electrons. The SMILES string of the molecule is CCOc1c(Cl)cc(-c2noc(C3CC(=O)N(CC(C)C)C3)n2)cc1OC. The number of benzene rings is 1. The van der Waals surface area contributed by atoms with Gasteiger partial charge in [-0.3, -0.25) is 4.79 Å². The third-order valence-electron chi connectivity index (χ3n) is 4.37. The highest BCUT2D eigenvalue weighted by Crippen LogP contribution is 2.39. The number of carbonyl (C=O) groups is 1. The Morgan fingerprint density at radius 3 is 2.85 bits per heavy atom.